The number of nitrogens with two attached hydrogens (primary N) is 1. The van der Waals surface area contributed by atoms with Crippen LogP contribution in [0.1, 0.15) is 11.5 Å². The highest BCUT2D eigenvalue weighted by molar-refractivity contribution is 6.00. The van der Waals surface area contributed by atoms with Crippen molar-refractivity contribution in [1.82, 2.24) is 0 Å². The first-order chi connectivity index (χ1) is 11.0. The zero-order chi connectivity index (χ0) is 17.3. The highest BCUT2D eigenvalue weighted by Gasteiger charge is 2.85. The van der Waals surface area contributed by atoms with E-state index in [4.69, 9.17) is 15.9 Å². The summed E-state index contributed by atoms with van der Waals surface area (Å²) in [4.78, 5) is 0. The summed E-state index contributed by atoms with van der Waals surface area (Å²) in [5.41, 5.74) is -3.57. The summed E-state index contributed by atoms with van der Waals surface area (Å²) in [6.07, 6.45) is 0. The Bertz CT molecular complexity index is 855. The Morgan fingerprint density at radius 3 is 1.91 bits per heavy atom. The molecular weight excluding hydrogens is 295 g/mol. The average Bonchev–Trinajstić information content (AvgIpc) is 3.20. The fraction of sp³-hybridized carbons (Fsp3) is 0.250. The number of nitriles is 5. The predicted octanol–water partition coefficient (Wildman–Crippen LogP) is 0.330. The molecule has 0 spiro atoms. The lowest BCUT2D eigenvalue weighted by atomic mass is 9.84. The van der Waals surface area contributed by atoms with E-state index in [2.05, 4.69) is 0 Å². The molecular formula is C16H8FN6+. The Morgan fingerprint density at radius 1 is 1.00 bits per heavy atom. The smallest absolute Gasteiger partial charge is 0.213 e. The molecule has 108 valence electrons. The SMILES string of the molecule is N#CC(C#N)C(=[NH2+])[C@@]1(C#N)[C@H](c2ccc(F)cc2)C1(C#N)C#N. The van der Waals surface area contributed by atoms with E-state index in [9.17, 15) is 20.2 Å². The van der Waals surface area contributed by atoms with E-state index in [1.54, 1.807) is 24.3 Å². The van der Waals surface area contributed by atoms with Gasteiger partial charge >= 0.3 is 0 Å². The molecule has 1 fully saturated rings. The summed E-state index contributed by atoms with van der Waals surface area (Å²) in [6.45, 7) is 0. The Hall–Kier alpha value is -3.73. The summed E-state index contributed by atoms with van der Waals surface area (Å²) in [5, 5.41) is 52.3. The second-order valence-electron chi connectivity index (χ2n) is 5.08. The molecule has 0 bridgehead atoms. The van der Waals surface area contributed by atoms with Gasteiger partial charge in [0.25, 0.3) is 0 Å². The molecule has 2 rings (SSSR count). The highest BCUT2D eigenvalue weighted by atomic mass is 19.1. The van der Waals surface area contributed by atoms with Crippen molar-refractivity contribution in [1.29, 1.82) is 26.3 Å². The van der Waals surface area contributed by atoms with Gasteiger partial charge < -0.3 is 0 Å². The fourth-order valence-electron chi connectivity index (χ4n) is 2.97. The van der Waals surface area contributed by atoms with Gasteiger partial charge in [-0.1, -0.05) is 12.1 Å². The molecule has 1 aromatic carbocycles. The van der Waals surface area contributed by atoms with Gasteiger partial charge in [-0.05, 0) is 17.7 Å². The number of hydrogen-bond acceptors (Lipinski definition) is 5. The summed E-state index contributed by atoms with van der Waals surface area (Å²) >= 11 is 0. The molecule has 1 saturated carbocycles. The lowest BCUT2D eigenvalue weighted by molar-refractivity contribution is -0.124. The van der Waals surface area contributed by atoms with Crippen LogP contribution in [0.4, 0.5) is 4.39 Å². The van der Waals surface area contributed by atoms with Crippen molar-refractivity contribution in [2.24, 2.45) is 16.7 Å². The van der Waals surface area contributed by atoms with E-state index in [0.29, 0.717) is 5.56 Å². The molecule has 6 nitrogen and oxygen atoms in total. The van der Waals surface area contributed by atoms with Crippen LogP contribution in [0.2, 0.25) is 0 Å². The van der Waals surface area contributed by atoms with Crippen LogP contribution >= 0.6 is 0 Å². The van der Waals surface area contributed by atoms with Crippen molar-refractivity contribution in [2.75, 3.05) is 0 Å². The minimum Gasteiger partial charge on any atom is -0.258 e. The maximum atomic E-state index is 13.1. The second-order valence-corrected chi connectivity index (χ2v) is 5.08. The summed E-state index contributed by atoms with van der Waals surface area (Å²) < 4.78 is 13.1. The molecule has 0 saturated heterocycles. The van der Waals surface area contributed by atoms with Crippen molar-refractivity contribution in [3.05, 3.63) is 35.6 Å². The average molecular weight is 303 g/mol. The normalized spacial score (nSPS) is 23.4. The van der Waals surface area contributed by atoms with Crippen LogP contribution in [0, 0.1) is 79.2 Å². The number of benzene rings is 1. The van der Waals surface area contributed by atoms with E-state index in [1.807, 2.05) is 6.07 Å². The molecule has 0 aromatic heterocycles. The number of rotatable bonds is 3. The summed E-state index contributed by atoms with van der Waals surface area (Å²) in [6, 6.07) is 13.7. The third-order valence-corrected chi connectivity index (χ3v) is 4.16. The quantitative estimate of drug-likeness (QED) is 0.800. The molecule has 1 aromatic rings. The van der Waals surface area contributed by atoms with Gasteiger partial charge in [-0.25, -0.2) is 4.39 Å². The summed E-state index contributed by atoms with van der Waals surface area (Å²) in [5.74, 6) is -2.90. The minimum atomic E-state index is -1.82. The largest absolute Gasteiger partial charge is 0.258 e. The van der Waals surface area contributed by atoms with Crippen LogP contribution in [0.25, 0.3) is 0 Å². The van der Waals surface area contributed by atoms with Gasteiger partial charge in [-0.3, -0.25) is 5.41 Å². The van der Waals surface area contributed by atoms with Gasteiger partial charge in [0, 0.05) is 5.92 Å². The van der Waals surface area contributed by atoms with Crippen LogP contribution in [0.3, 0.4) is 0 Å². The van der Waals surface area contributed by atoms with E-state index in [0.717, 1.165) is 12.1 Å². The van der Waals surface area contributed by atoms with E-state index >= 15 is 0 Å². The monoisotopic (exact) mass is 303 g/mol. The zero-order valence-electron chi connectivity index (χ0n) is 11.7. The van der Waals surface area contributed by atoms with Crippen molar-refractivity contribution in [2.45, 2.75) is 5.92 Å². The first-order valence-electron chi connectivity index (χ1n) is 6.40. The second kappa shape index (κ2) is 5.23. The lowest BCUT2D eigenvalue weighted by Crippen LogP contribution is -2.50. The Morgan fingerprint density at radius 2 is 1.52 bits per heavy atom. The predicted molar refractivity (Wildman–Crippen MR) is 72.5 cm³/mol. The van der Waals surface area contributed by atoms with Crippen LogP contribution in [-0.4, -0.2) is 5.71 Å². The molecule has 0 heterocycles. The molecule has 0 radical (unpaired) electrons. The Balaban J connectivity index is 2.66. The van der Waals surface area contributed by atoms with Gasteiger partial charge in [0.1, 0.15) is 5.82 Å². The zero-order valence-corrected chi connectivity index (χ0v) is 11.7. The van der Waals surface area contributed by atoms with Crippen LogP contribution in [0.15, 0.2) is 24.3 Å². The third kappa shape index (κ3) is 1.77. The van der Waals surface area contributed by atoms with Crippen molar-refractivity contribution < 1.29 is 9.80 Å². The standard InChI is InChI=1S/C16H7FN6/c17-12-3-1-10(2-4-12)13-15(7-20,8-21)16(13,9-22)14(23)11(5-18)6-19/h1-4,11,13,23H/p+1/t13-,16-/m1/s1. The van der Waals surface area contributed by atoms with Gasteiger partial charge in [-0.15, -0.1) is 0 Å². The lowest BCUT2D eigenvalue weighted by Gasteiger charge is -2.06. The fourth-order valence-corrected chi connectivity index (χ4v) is 2.97. The molecule has 23 heavy (non-hydrogen) atoms. The molecule has 0 unspecified atom stereocenters. The van der Waals surface area contributed by atoms with E-state index in [-0.39, 0.29) is 5.71 Å². The van der Waals surface area contributed by atoms with Crippen molar-refractivity contribution in [3.8, 4) is 30.3 Å². The maximum Gasteiger partial charge on any atom is 0.213 e. The van der Waals surface area contributed by atoms with Gasteiger partial charge in [0.2, 0.25) is 11.6 Å². The van der Waals surface area contributed by atoms with Crippen LogP contribution in [-0.2, 0) is 0 Å². The van der Waals surface area contributed by atoms with Gasteiger partial charge in [-0.2, -0.15) is 26.3 Å². The minimum absolute atomic E-state index is 0.331. The van der Waals surface area contributed by atoms with E-state index in [1.165, 1.54) is 12.1 Å². The summed E-state index contributed by atoms with van der Waals surface area (Å²) in [7, 11) is 0. The van der Waals surface area contributed by atoms with Gasteiger partial charge in [0.05, 0.1) is 30.3 Å². The Labute approximate surface area is 131 Å². The molecule has 1 aliphatic rings. The number of halogens is 1. The molecule has 0 amide bonds. The maximum absolute atomic E-state index is 13.1. The molecule has 0 aliphatic heterocycles. The van der Waals surface area contributed by atoms with Gasteiger partial charge in [0.15, 0.2) is 10.8 Å². The van der Waals surface area contributed by atoms with Crippen molar-refractivity contribution in [3.63, 3.8) is 0 Å². The first kappa shape index (κ1) is 15.7. The number of hydrogen-bond donors (Lipinski definition) is 1. The third-order valence-electron chi connectivity index (χ3n) is 4.16. The number of nitrogens with zero attached hydrogens (tertiary/aromatic N) is 5. The first-order valence-corrected chi connectivity index (χ1v) is 6.40. The molecule has 7 heteroatoms. The van der Waals surface area contributed by atoms with Crippen LogP contribution < -0.4 is 5.41 Å². The topological polar surface area (TPSA) is 145 Å². The van der Waals surface area contributed by atoms with Crippen LogP contribution in [0.5, 0.6) is 0 Å². The van der Waals surface area contributed by atoms with Crippen molar-refractivity contribution >= 4 is 5.71 Å². The molecule has 1 aliphatic carbocycles. The van der Waals surface area contributed by atoms with E-state index < -0.39 is 28.5 Å². The molecule has 2 N–H and O–H groups in total. The Kier molecular flexibility index (Phi) is 3.56. The molecule has 2 atom stereocenters. The highest BCUT2D eigenvalue weighted by Crippen LogP contribution is 2.74.